The Morgan fingerprint density at radius 2 is 2.15 bits per heavy atom. The second kappa shape index (κ2) is 3.24. The SMILES string of the molecule is NNc1ccccc1-n1cncn1. The maximum absolute atomic E-state index is 5.35. The lowest BCUT2D eigenvalue weighted by atomic mass is 10.3. The summed E-state index contributed by atoms with van der Waals surface area (Å²) in [6.07, 6.45) is 3.10. The molecule has 66 valence electrons. The van der Waals surface area contributed by atoms with Crippen LogP contribution in [0.3, 0.4) is 0 Å². The predicted molar refractivity (Wildman–Crippen MR) is 49.2 cm³/mol. The summed E-state index contributed by atoms with van der Waals surface area (Å²) >= 11 is 0. The van der Waals surface area contributed by atoms with Crippen molar-refractivity contribution in [2.45, 2.75) is 0 Å². The summed E-state index contributed by atoms with van der Waals surface area (Å²) in [6, 6.07) is 7.59. The van der Waals surface area contributed by atoms with E-state index in [1.54, 1.807) is 11.0 Å². The molecule has 1 aromatic carbocycles. The van der Waals surface area contributed by atoms with Gasteiger partial charge in [-0.2, -0.15) is 5.10 Å². The fourth-order valence-corrected chi connectivity index (χ4v) is 1.13. The van der Waals surface area contributed by atoms with Crippen LogP contribution in [0.25, 0.3) is 5.69 Å². The zero-order valence-corrected chi connectivity index (χ0v) is 6.88. The first-order valence-corrected chi connectivity index (χ1v) is 3.82. The summed E-state index contributed by atoms with van der Waals surface area (Å²) in [5, 5.41) is 4.01. The standard InChI is InChI=1S/C8H9N5/c9-12-7-3-1-2-4-8(7)13-6-10-5-11-13/h1-6,12H,9H2. The first-order chi connectivity index (χ1) is 6.42. The van der Waals surface area contributed by atoms with E-state index in [9.17, 15) is 0 Å². The van der Waals surface area contributed by atoms with Crippen LogP contribution in [0.1, 0.15) is 0 Å². The third kappa shape index (κ3) is 1.36. The van der Waals surface area contributed by atoms with Crippen LogP contribution in [0.15, 0.2) is 36.9 Å². The van der Waals surface area contributed by atoms with Gasteiger partial charge >= 0.3 is 0 Å². The first-order valence-electron chi connectivity index (χ1n) is 3.82. The molecule has 0 unspecified atom stereocenters. The van der Waals surface area contributed by atoms with Crippen LogP contribution in [0.2, 0.25) is 0 Å². The molecule has 13 heavy (non-hydrogen) atoms. The topological polar surface area (TPSA) is 68.8 Å². The number of rotatable bonds is 2. The summed E-state index contributed by atoms with van der Waals surface area (Å²) in [4.78, 5) is 3.86. The van der Waals surface area contributed by atoms with Gasteiger partial charge in [-0.05, 0) is 12.1 Å². The highest BCUT2D eigenvalue weighted by atomic mass is 15.3. The fraction of sp³-hybridized carbons (Fsp3) is 0. The Hall–Kier alpha value is -1.88. The molecule has 2 aromatic rings. The minimum atomic E-state index is 0.813. The number of para-hydroxylation sites is 2. The van der Waals surface area contributed by atoms with E-state index >= 15 is 0 Å². The lowest BCUT2D eigenvalue weighted by molar-refractivity contribution is 0.879. The Balaban J connectivity index is 2.51. The third-order valence-electron chi connectivity index (χ3n) is 1.73. The monoisotopic (exact) mass is 175 g/mol. The average Bonchev–Trinajstić information content (AvgIpc) is 2.70. The van der Waals surface area contributed by atoms with Crippen LogP contribution in [0.5, 0.6) is 0 Å². The lowest BCUT2D eigenvalue weighted by Crippen LogP contribution is -2.10. The maximum atomic E-state index is 5.35. The van der Waals surface area contributed by atoms with Crippen LogP contribution < -0.4 is 11.3 Å². The van der Waals surface area contributed by atoms with Gasteiger partial charge in [0.15, 0.2) is 0 Å². The molecule has 0 aliphatic rings. The summed E-state index contributed by atoms with van der Waals surface area (Å²) < 4.78 is 1.65. The quantitative estimate of drug-likeness (QED) is 0.516. The minimum Gasteiger partial charge on any atom is -0.322 e. The third-order valence-corrected chi connectivity index (χ3v) is 1.73. The van der Waals surface area contributed by atoms with E-state index in [1.807, 2.05) is 24.3 Å². The molecule has 0 fully saturated rings. The number of nitrogens with two attached hydrogens (primary N) is 1. The molecular formula is C8H9N5. The van der Waals surface area contributed by atoms with Gasteiger partial charge in [0.2, 0.25) is 0 Å². The summed E-state index contributed by atoms with van der Waals surface area (Å²) in [7, 11) is 0. The van der Waals surface area contributed by atoms with E-state index in [0.29, 0.717) is 0 Å². The molecule has 0 spiro atoms. The van der Waals surface area contributed by atoms with Crippen molar-refractivity contribution >= 4 is 5.69 Å². The molecule has 5 heteroatoms. The zero-order valence-electron chi connectivity index (χ0n) is 6.88. The van der Waals surface area contributed by atoms with Crippen molar-refractivity contribution in [2.75, 3.05) is 5.43 Å². The molecule has 0 aliphatic heterocycles. The number of hydrogen-bond acceptors (Lipinski definition) is 4. The molecule has 1 heterocycles. The summed E-state index contributed by atoms with van der Waals surface area (Å²) in [5.41, 5.74) is 4.29. The molecule has 0 amide bonds. The number of nitrogens with one attached hydrogen (secondary N) is 1. The second-order valence-corrected chi connectivity index (χ2v) is 2.50. The molecule has 3 N–H and O–H groups in total. The van der Waals surface area contributed by atoms with E-state index in [2.05, 4.69) is 15.5 Å². The Kier molecular flexibility index (Phi) is 1.93. The van der Waals surface area contributed by atoms with Gasteiger partial charge < -0.3 is 5.43 Å². The molecule has 0 saturated heterocycles. The molecular weight excluding hydrogens is 166 g/mol. The van der Waals surface area contributed by atoms with Crippen LogP contribution >= 0.6 is 0 Å². The number of benzene rings is 1. The molecule has 0 radical (unpaired) electrons. The first kappa shape index (κ1) is 7.75. The Labute approximate surface area is 75.2 Å². The Morgan fingerprint density at radius 1 is 1.31 bits per heavy atom. The van der Waals surface area contributed by atoms with Crippen molar-refractivity contribution < 1.29 is 0 Å². The van der Waals surface area contributed by atoms with Gasteiger partial charge in [0.05, 0.1) is 11.4 Å². The minimum absolute atomic E-state index is 0.813. The van der Waals surface area contributed by atoms with Gasteiger partial charge in [-0.25, -0.2) is 9.67 Å². The summed E-state index contributed by atoms with van der Waals surface area (Å²) in [6.45, 7) is 0. The van der Waals surface area contributed by atoms with Crippen molar-refractivity contribution in [3.8, 4) is 5.69 Å². The normalized spacial score (nSPS) is 9.92. The maximum Gasteiger partial charge on any atom is 0.138 e. The van der Waals surface area contributed by atoms with Gasteiger partial charge in [0.25, 0.3) is 0 Å². The molecule has 2 rings (SSSR count). The van der Waals surface area contributed by atoms with Crippen LogP contribution in [0.4, 0.5) is 5.69 Å². The second-order valence-electron chi connectivity index (χ2n) is 2.50. The van der Waals surface area contributed by atoms with Crippen LogP contribution in [-0.4, -0.2) is 14.8 Å². The molecule has 0 atom stereocenters. The number of anilines is 1. The highest BCUT2D eigenvalue weighted by Crippen LogP contribution is 2.16. The molecule has 0 saturated carbocycles. The van der Waals surface area contributed by atoms with Gasteiger partial charge in [0, 0.05) is 0 Å². The van der Waals surface area contributed by atoms with Crippen molar-refractivity contribution in [2.24, 2.45) is 5.84 Å². The molecule has 0 bridgehead atoms. The van der Waals surface area contributed by atoms with Crippen LogP contribution in [-0.2, 0) is 0 Å². The van der Waals surface area contributed by atoms with Gasteiger partial charge in [0.1, 0.15) is 12.7 Å². The van der Waals surface area contributed by atoms with Gasteiger partial charge in [-0.1, -0.05) is 12.1 Å². The molecule has 1 aromatic heterocycles. The van der Waals surface area contributed by atoms with E-state index in [0.717, 1.165) is 11.4 Å². The lowest BCUT2D eigenvalue weighted by Gasteiger charge is -2.06. The largest absolute Gasteiger partial charge is 0.322 e. The number of hydrogen-bond donors (Lipinski definition) is 2. The fourth-order valence-electron chi connectivity index (χ4n) is 1.13. The Morgan fingerprint density at radius 3 is 2.85 bits per heavy atom. The smallest absolute Gasteiger partial charge is 0.138 e. The molecule has 5 nitrogen and oxygen atoms in total. The number of aromatic nitrogens is 3. The Bertz CT molecular complexity index is 381. The zero-order chi connectivity index (χ0) is 9.10. The van der Waals surface area contributed by atoms with Crippen molar-refractivity contribution in [1.82, 2.24) is 14.8 Å². The van der Waals surface area contributed by atoms with Gasteiger partial charge in [-0.3, -0.25) is 5.84 Å². The van der Waals surface area contributed by atoms with E-state index in [-0.39, 0.29) is 0 Å². The average molecular weight is 175 g/mol. The summed E-state index contributed by atoms with van der Waals surface area (Å²) in [5.74, 6) is 5.35. The van der Waals surface area contributed by atoms with E-state index < -0.39 is 0 Å². The van der Waals surface area contributed by atoms with E-state index in [1.165, 1.54) is 6.33 Å². The van der Waals surface area contributed by atoms with Crippen molar-refractivity contribution in [3.63, 3.8) is 0 Å². The van der Waals surface area contributed by atoms with Crippen molar-refractivity contribution in [1.29, 1.82) is 0 Å². The van der Waals surface area contributed by atoms with Crippen molar-refractivity contribution in [3.05, 3.63) is 36.9 Å². The number of hydrazine groups is 1. The molecule has 0 aliphatic carbocycles. The van der Waals surface area contributed by atoms with Crippen LogP contribution in [0, 0.1) is 0 Å². The van der Waals surface area contributed by atoms with Gasteiger partial charge in [-0.15, -0.1) is 0 Å². The highest BCUT2D eigenvalue weighted by molar-refractivity contribution is 5.59. The number of nitrogens with zero attached hydrogens (tertiary/aromatic N) is 3. The van der Waals surface area contributed by atoms with E-state index in [4.69, 9.17) is 5.84 Å². The predicted octanol–water partition coefficient (Wildman–Crippen LogP) is 0.553. The highest BCUT2D eigenvalue weighted by Gasteiger charge is 2.01. The number of nitrogen functional groups attached to an aromatic ring is 1.